The number of benzene rings is 1. The summed E-state index contributed by atoms with van der Waals surface area (Å²) in [6.45, 7) is 0.158. The first-order valence-corrected chi connectivity index (χ1v) is 9.16. The zero-order chi connectivity index (χ0) is 17.3. The normalized spacial score (nSPS) is 11.5. The van der Waals surface area contributed by atoms with E-state index in [0.717, 1.165) is 34.0 Å². The fourth-order valence-corrected chi connectivity index (χ4v) is 3.20. The van der Waals surface area contributed by atoms with Crippen LogP contribution in [-0.2, 0) is 23.6 Å². The van der Waals surface area contributed by atoms with Crippen LogP contribution >= 0.6 is 0 Å². The van der Waals surface area contributed by atoms with Crippen molar-refractivity contribution in [3.05, 3.63) is 53.9 Å². The molecule has 1 N–H and O–H groups in total. The van der Waals surface area contributed by atoms with Crippen molar-refractivity contribution in [2.45, 2.75) is 6.54 Å². The Kier molecular flexibility index (Phi) is 4.09. The van der Waals surface area contributed by atoms with Gasteiger partial charge in [0.05, 0.1) is 17.5 Å². The largest absolute Gasteiger partial charge is 0.342 e. The summed E-state index contributed by atoms with van der Waals surface area (Å²) < 4.78 is 26.9. The summed E-state index contributed by atoms with van der Waals surface area (Å²) in [5.41, 5.74) is 3.82. The highest BCUT2D eigenvalue weighted by Crippen LogP contribution is 2.32. The zero-order valence-electron chi connectivity index (χ0n) is 13.3. The van der Waals surface area contributed by atoms with Gasteiger partial charge in [0.15, 0.2) is 0 Å². The maximum absolute atomic E-state index is 11.3. The number of aromatic nitrogens is 2. The smallest absolute Gasteiger partial charge is 0.209 e. The third kappa shape index (κ3) is 3.02. The van der Waals surface area contributed by atoms with E-state index in [0.29, 0.717) is 5.56 Å². The van der Waals surface area contributed by atoms with Gasteiger partial charge in [-0.1, -0.05) is 18.2 Å². The maximum atomic E-state index is 11.3. The monoisotopic (exact) mass is 340 g/mol. The Balaban J connectivity index is 2.12. The number of pyridine rings is 1. The molecule has 0 atom stereocenters. The van der Waals surface area contributed by atoms with Crippen LogP contribution in [-0.4, -0.2) is 24.2 Å². The van der Waals surface area contributed by atoms with Crippen molar-refractivity contribution in [1.82, 2.24) is 14.3 Å². The van der Waals surface area contributed by atoms with E-state index >= 15 is 0 Å². The van der Waals surface area contributed by atoms with Crippen molar-refractivity contribution >= 4 is 20.9 Å². The van der Waals surface area contributed by atoms with Crippen molar-refractivity contribution in [2.75, 3.05) is 6.26 Å². The lowest BCUT2D eigenvalue weighted by molar-refractivity contribution is 0.587. The second kappa shape index (κ2) is 6.07. The molecule has 2 heterocycles. The Bertz CT molecular complexity index is 1060. The zero-order valence-corrected chi connectivity index (χ0v) is 14.1. The Labute approximate surface area is 140 Å². The lowest BCUT2D eigenvalue weighted by Crippen LogP contribution is -2.21. The second-order valence-corrected chi connectivity index (χ2v) is 7.42. The molecule has 0 aliphatic heterocycles. The van der Waals surface area contributed by atoms with Crippen LogP contribution in [0.5, 0.6) is 0 Å². The molecule has 0 saturated carbocycles. The first-order valence-electron chi connectivity index (χ1n) is 7.27. The summed E-state index contributed by atoms with van der Waals surface area (Å²) >= 11 is 0. The van der Waals surface area contributed by atoms with Gasteiger partial charge in [-0.3, -0.25) is 4.98 Å². The molecular formula is C17H16N4O2S. The van der Waals surface area contributed by atoms with Crippen molar-refractivity contribution in [3.8, 4) is 17.3 Å². The fourth-order valence-electron chi connectivity index (χ4n) is 2.77. The minimum Gasteiger partial charge on any atom is -0.342 e. The molecular weight excluding hydrogens is 324 g/mol. The van der Waals surface area contributed by atoms with Crippen LogP contribution in [0.4, 0.5) is 0 Å². The molecule has 3 rings (SSSR count). The molecule has 122 valence electrons. The van der Waals surface area contributed by atoms with Crippen LogP contribution in [0.3, 0.4) is 0 Å². The van der Waals surface area contributed by atoms with Crippen LogP contribution in [0.2, 0.25) is 0 Å². The number of sulfonamides is 1. The van der Waals surface area contributed by atoms with Gasteiger partial charge in [0.1, 0.15) is 6.07 Å². The Hall–Kier alpha value is -2.69. The van der Waals surface area contributed by atoms with Gasteiger partial charge in [0.25, 0.3) is 0 Å². The summed E-state index contributed by atoms with van der Waals surface area (Å²) in [4.78, 5) is 4.19. The van der Waals surface area contributed by atoms with E-state index in [-0.39, 0.29) is 6.54 Å². The van der Waals surface area contributed by atoms with E-state index in [1.165, 1.54) is 0 Å². The lowest BCUT2D eigenvalue weighted by Gasteiger charge is -2.08. The van der Waals surface area contributed by atoms with Crippen molar-refractivity contribution in [3.63, 3.8) is 0 Å². The number of aryl methyl sites for hydroxylation is 1. The number of hydrogen-bond donors (Lipinski definition) is 1. The molecule has 24 heavy (non-hydrogen) atoms. The summed E-state index contributed by atoms with van der Waals surface area (Å²) in [5.74, 6) is 0. The van der Waals surface area contributed by atoms with Gasteiger partial charge in [-0.15, -0.1) is 0 Å². The van der Waals surface area contributed by atoms with Crippen LogP contribution in [0.1, 0.15) is 11.1 Å². The number of nitriles is 1. The number of nitrogens with zero attached hydrogens (tertiary/aromatic N) is 3. The molecule has 6 nitrogen and oxygen atoms in total. The van der Waals surface area contributed by atoms with E-state index < -0.39 is 10.0 Å². The van der Waals surface area contributed by atoms with Crippen molar-refractivity contribution < 1.29 is 8.42 Å². The van der Waals surface area contributed by atoms with Crippen LogP contribution < -0.4 is 4.72 Å². The summed E-state index contributed by atoms with van der Waals surface area (Å²) in [7, 11) is -1.37. The minimum absolute atomic E-state index is 0.158. The van der Waals surface area contributed by atoms with Crippen LogP contribution in [0.15, 0.2) is 42.7 Å². The fraction of sp³-hybridized carbons (Fsp3) is 0.176. The molecule has 0 fully saturated rings. The first kappa shape index (κ1) is 16.2. The average molecular weight is 340 g/mol. The lowest BCUT2D eigenvalue weighted by atomic mass is 10.1. The van der Waals surface area contributed by atoms with Crippen molar-refractivity contribution in [2.24, 2.45) is 7.05 Å². The number of nitrogens with one attached hydrogen (secondary N) is 1. The van der Waals surface area contributed by atoms with E-state index in [9.17, 15) is 13.7 Å². The summed E-state index contributed by atoms with van der Waals surface area (Å²) in [6.07, 6.45) is 4.40. The Morgan fingerprint density at radius 2 is 2.04 bits per heavy atom. The summed E-state index contributed by atoms with van der Waals surface area (Å²) in [6, 6.07) is 11.8. The predicted molar refractivity (Wildman–Crippen MR) is 92.5 cm³/mol. The van der Waals surface area contributed by atoms with Gasteiger partial charge in [0.2, 0.25) is 10.0 Å². The third-order valence-corrected chi connectivity index (χ3v) is 4.49. The quantitative estimate of drug-likeness (QED) is 0.788. The molecule has 3 aromatic rings. The van der Waals surface area contributed by atoms with Crippen LogP contribution in [0, 0.1) is 11.3 Å². The molecule has 0 saturated heterocycles. The number of para-hydroxylation sites is 1. The topological polar surface area (TPSA) is 87.8 Å². The molecule has 0 radical (unpaired) electrons. The summed E-state index contributed by atoms with van der Waals surface area (Å²) in [5, 5.41) is 10.5. The van der Waals surface area contributed by atoms with Gasteiger partial charge < -0.3 is 4.57 Å². The number of hydrogen-bond acceptors (Lipinski definition) is 4. The Morgan fingerprint density at radius 3 is 2.75 bits per heavy atom. The molecule has 1 aromatic carbocycles. The molecule has 0 amide bonds. The molecule has 0 aliphatic carbocycles. The highest BCUT2D eigenvalue weighted by molar-refractivity contribution is 7.88. The molecule has 0 unspecified atom stereocenters. The van der Waals surface area contributed by atoms with Gasteiger partial charge in [-0.05, 0) is 17.7 Å². The SMILES string of the molecule is Cn1c(-c2cncc(CNS(C)(=O)=O)c2)c(C#N)c2ccccc21. The number of rotatable bonds is 4. The second-order valence-electron chi connectivity index (χ2n) is 5.59. The Morgan fingerprint density at radius 1 is 1.29 bits per heavy atom. The van der Waals surface area contributed by atoms with Gasteiger partial charge in [-0.25, -0.2) is 13.1 Å². The highest BCUT2D eigenvalue weighted by Gasteiger charge is 2.16. The molecule has 0 bridgehead atoms. The molecule has 2 aromatic heterocycles. The van der Waals surface area contributed by atoms with E-state index in [2.05, 4.69) is 15.8 Å². The third-order valence-electron chi connectivity index (χ3n) is 3.83. The van der Waals surface area contributed by atoms with Crippen molar-refractivity contribution in [1.29, 1.82) is 5.26 Å². The van der Waals surface area contributed by atoms with E-state index in [1.54, 1.807) is 12.4 Å². The van der Waals surface area contributed by atoms with Crippen LogP contribution in [0.25, 0.3) is 22.2 Å². The van der Waals surface area contributed by atoms with Gasteiger partial charge in [0, 0.05) is 42.5 Å². The average Bonchev–Trinajstić information content (AvgIpc) is 2.85. The maximum Gasteiger partial charge on any atom is 0.209 e. The van der Waals surface area contributed by atoms with E-state index in [4.69, 9.17) is 0 Å². The molecule has 7 heteroatoms. The standard InChI is InChI=1S/C17H16N4O2S/c1-21-16-6-4-3-5-14(16)15(8-18)17(21)13-7-12(9-19-11-13)10-20-24(2,22)23/h3-7,9,11,20H,10H2,1-2H3. The van der Waals surface area contributed by atoms with Gasteiger partial charge in [-0.2, -0.15) is 5.26 Å². The first-order chi connectivity index (χ1) is 11.4. The number of fused-ring (bicyclic) bond motifs is 1. The molecule has 0 aliphatic rings. The van der Waals surface area contributed by atoms with Gasteiger partial charge >= 0.3 is 0 Å². The predicted octanol–water partition coefficient (Wildman–Crippen LogP) is 2.16. The highest BCUT2D eigenvalue weighted by atomic mass is 32.2. The minimum atomic E-state index is -3.28. The molecule has 0 spiro atoms. The van der Waals surface area contributed by atoms with E-state index in [1.807, 2.05) is 41.9 Å².